The van der Waals surface area contributed by atoms with Crippen molar-refractivity contribution < 1.29 is 0 Å². The van der Waals surface area contributed by atoms with E-state index in [1.807, 2.05) is 6.92 Å². The number of benzene rings is 1. The van der Waals surface area contributed by atoms with Gasteiger partial charge in [-0.3, -0.25) is 4.90 Å². The van der Waals surface area contributed by atoms with Crippen molar-refractivity contribution in [1.29, 1.82) is 0 Å². The van der Waals surface area contributed by atoms with Gasteiger partial charge in [-0.25, -0.2) is 0 Å². The molecule has 0 radical (unpaired) electrons. The van der Waals surface area contributed by atoms with Crippen LogP contribution in [0.2, 0.25) is 0 Å². The first-order valence-corrected chi connectivity index (χ1v) is 8.09. The van der Waals surface area contributed by atoms with Crippen LogP contribution in [0.3, 0.4) is 0 Å². The predicted octanol–water partition coefficient (Wildman–Crippen LogP) is 2.35. The Morgan fingerprint density at radius 2 is 1.64 bits per heavy atom. The van der Waals surface area contributed by atoms with Crippen molar-refractivity contribution in [2.24, 2.45) is 11.8 Å². The number of aryl methyl sites for hydroxylation is 1. The molecule has 0 unspecified atom stereocenters. The summed E-state index contributed by atoms with van der Waals surface area (Å²) in [7, 11) is 0. The summed E-state index contributed by atoms with van der Waals surface area (Å²) in [4.78, 5) is 5.00. The summed E-state index contributed by atoms with van der Waals surface area (Å²) >= 11 is 0. The average molecular weight is 294 g/mol. The van der Waals surface area contributed by atoms with Crippen LogP contribution in [0.15, 0.2) is 42.5 Å². The third kappa shape index (κ3) is 2.71. The molecule has 114 valence electrons. The van der Waals surface area contributed by atoms with Gasteiger partial charge in [0.2, 0.25) is 0 Å². The molecule has 4 heteroatoms. The maximum Gasteiger partial charge on any atom is 0.151 e. The van der Waals surface area contributed by atoms with E-state index in [4.69, 9.17) is 0 Å². The highest BCUT2D eigenvalue weighted by Gasteiger charge is 2.40. The van der Waals surface area contributed by atoms with Crippen molar-refractivity contribution >= 4 is 5.82 Å². The van der Waals surface area contributed by atoms with Crippen LogP contribution in [0.5, 0.6) is 0 Å². The lowest BCUT2D eigenvalue weighted by Gasteiger charge is -2.22. The van der Waals surface area contributed by atoms with Gasteiger partial charge in [0.1, 0.15) is 0 Å². The van der Waals surface area contributed by atoms with Crippen LogP contribution in [-0.2, 0) is 6.54 Å². The second kappa shape index (κ2) is 5.69. The highest BCUT2D eigenvalue weighted by atomic mass is 15.3. The Hall–Kier alpha value is -1.94. The Morgan fingerprint density at radius 3 is 2.27 bits per heavy atom. The highest BCUT2D eigenvalue weighted by molar-refractivity contribution is 5.39. The van der Waals surface area contributed by atoms with Crippen molar-refractivity contribution in [3.8, 4) is 0 Å². The fourth-order valence-corrected chi connectivity index (χ4v) is 3.81. The Labute approximate surface area is 131 Å². The minimum absolute atomic E-state index is 0.770. The molecule has 4 nitrogen and oxygen atoms in total. The molecule has 0 spiro atoms. The number of likely N-dealkylation sites (tertiary alicyclic amines) is 1. The molecule has 1 aromatic carbocycles. The molecule has 22 heavy (non-hydrogen) atoms. The SMILES string of the molecule is Cc1ccc(N2C[C@H]3CN(Cc4ccccc4)C[C@@H]3C2)nn1. The Bertz CT molecular complexity index is 611. The fourth-order valence-electron chi connectivity index (χ4n) is 3.81. The summed E-state index contributed by atoms with van der Waals surface area (Å²) < 4.78 is 0. The first-order chi connectivity index (χ1) is 10.8. The summed E-state index contributed by atoms with van der Waals surface area (Å²) in [6, 6.07) is 14.9. The quantitative estimate of drug-likeness (QED) is 0.870. The average Bonchev–Trinajstić information content (AvgIpc) is 3.07. The van der Waals surface area contributed by atoms with Gasteiger partial charge in [0.15, 0.2) is 5.82 Å². The van der Waals surface area contributed by atoms with Crippen molar-refractivity contribution in [3.63, 3.8) is 0 Å². The van der Waals surface area contributed by atoms with Crippen LogP contribution in [0.25, 0.3) is 0 Å². The number of anilines is 1. The molecule has 2 aromatic rings. The summed E-state index contributed by atoms with van der Waals surface area (Å²) in [5, 5.41) is 8.52. The van der Waals surface area contributed by atoms with E-state index in [0.717, 1.165) is 43.0 Å². The van der Waals surface area contributed by atoms with Gasteiger partial charge in [-0.05, 0) is 36.5 Å². The van der Waals surface area contributed by atoms with Crippen LogP contribution in [-0.4, -0.2) is 41.3 Å². The van der Waals surface area contributed by atoms with Crippen LogP contribution < -0.4 is 4.90 Å². The summed E-state index contributed by atoms with van der Waals surface area (Å²) in [5.41, 5.74) is 2.40. The molecular weight excluding hydrogens is 272 g/mol. The van der Waals surface area contributed by atoms with Crippen molar-refractivity contribution in [3.05, 3.63) is 53.7 Å². The molecule has 2 aliphatic heterocycles. The largest absolute Gasteiger partial charge is 0.354 e. The minimum atomic E-state index is 0.770. The maximum absolute atomic E-state index is 4.34. The van der Waals surface area contributed by atoms with E-state index < -0.39 is 0 Å². The van der Waals surface area contributed by atoms with Gasteiger partial charge in [0, 0.05) is 32.7 Å². The number of nitrogens with zero attached hydrogens (tertiary/aromatic N) is 4. The summed E-state index contributed by atoms with van der Waals surface area (Å²) in [6.07, 6.45) is 0. The zero-order chi connectivity index (χ0) is 14.9. The van der Waals surface area contributed by atoms with E-state index in [1.165, 1.54) is 18.7 Å². The molecule has 3 heterocycles. The topological polar surface area (TPSA) is 32.3 Å². The zero-order valence-electron chi connectivity index (χ0n) is 13.0. The molecule has 0 amide bonds. The standard InChI is InChI=1S/C18H22N4/c1-14-7-8-18(20-19-14)22-12-16-10-21(11-17(16)13-22)9-15-5-3-2-4-6-15/h2-8,16-17H,9-13H2,1H3/t16-,17-/m1/s1. The lowest BCUT2D eigenvalue weighted by molar-refractivity contribution is 0.309. The van der Waals surface area contributed by atoms with E-state index in [-0.39, 0.29) is 0 Å². The number of aromatic nitrogens is 2. The molecule has 2 fully saturated rings. The third-order valence-electron chi connectivity index (χ3n) is 4.92. The molecule has 2 saturated heterocycles. The maximum atomic E-state index is 4.34. The van der Waals surface area contributed by atoms with Crippen LogP contribution in [0, 0.1) is 18.8 Å². The van der Waals surface area contributed by atoms with E-state index in [1.54, 1.807) is 0 Å². The van der Waals surface area contributed by atoms with Crippen LogP contribution >= 0.6 is 0 Å². The van der Waals surface area contributed by atoms with Crippen LogP contribution in [0.4, 0.5) is 5.82 Å². The first-order valence-electron chi connectivity index (χ1n) is 8.09. The fraction of sp³-hybridized carbons (Fsp3) is 0.444. The lowest BCUT2D eigenvalue weighted by atomic mass is 10.0. The van der Waals surface area contributed by atoms with Crippen molar-refractivity contribution in [2.45, 2.75) is 13.5 Å². The molecule has 0 saturated carbocycles. The Balaban J connectivity index is 1.37. The highest BCUT2D eigenvalue weighted by Crippen LogP contribution is 2.33. The molecule has 4 rings (SSSR count). The second-order valence-corrected chi connectivity index (χ2v) is 6.64. The number of rotatable bonds is 3. The molecule has 2 atom stereocenters. The van der Waals surface area contributed by atoms with Gasteiger partial charge in [-0.2, -0.15) is 5.10 Å². The second-order valence-electron chi connectivity index (χ2n) is 6.64. The van der Waals surface area contributed by atoms with Crippen LogP contribution in [0.1, 0.15) is 11.3 Å². The smallest absolute Gasteiger partial charge is 0.151 e. The molecule has 0 N–H and O–H groups in total. The first kappa shape index (κ1) is 13.7. The monoisotopic (exact) mass is 294 g/mol. The van der Waals surface area contributed by atoms with Crippen molar-refractivity contribution in [1.82, 2.24) is 15.1 Å². The molecule has 0 aliphatic carbocycles. The van der Waals surface area contributed by atoms with Gasteiger partial charge in [-0.15, -0.1) is 5.10 Å². The number of hydrogen-bond acceptors (Lipinski definition) is 4. The Kier molecular flexibility index (Phi) is 3.54. The summed E-state index contributed by atoms with van der Waals surface area (Å²) in [6.45, 7) is 7.71. The number of fused-ring (bicyclic) bond motifs is 1. The summed E-state index contributed by atoms with van der Waals surface area (Å²) in [5.74, 6) is 2.58. The number of hydrogen-bond donors (Lipinski definition) is 0. The third-order valence-corrected chi connectivity index (χ3v) is 4.92. The van der Waals surface area contributed by atoms with Gasteiger partial charge in [0.05, 0.1) is 5.69 Å². The molecule has 1 aromatic heterocycles. The van der Waals surface area contributed by atoms with Crippen molar-refractivity contribution in [2.75, 3.05) is 31.1 Å². The lowest BCUT2D eigenvalue weighted by Crippen LogP contribution is -2.29. The molecule has 0 bridgehead atoms. The Morgan fingerprint density at radius 1 is 0.909 bits per heavy atom. The minimum Gasteiger partial charge on any atom is -0.354 e. The normalized spacial score (nSPS) is 24.7. The predicted molar refractivity (Wildman–Crippen MR) is 87.7 cm³/mol. The van der Waals surface area contributed by atoms with Gasteiger partial charge < -0.3 is 4.90 Å². The van der Waals surface area contributed by atoms with E-state index >= 15 is 0 Å². The van der Waals surface area contributed by atoms with E-state index in [0.29, 0.717) is 0 Å². The molecular formula is C18H22N4. The molecule has 2 aliphatic rings. The van der Waals surface area contributed by atoms with Gasteiger partial charge >= 0.3 is 0 Å². The van der Waals surface area contributed by atoms with Gasteiger partial charge in [0.25, 0.3) is 0 Å². The van der Waals surface area contributed by atoms with Gasteiger partial charge in [-0.1, -0.05) is 30.3 Å². The van der Waals surface area contributed by atoms with E-state index in [9.17, 15) is 0 Å². The van der Waals surface area contributed by atoms with E-state index in [2.05, 4.69) is 62.5 Å². The zero-order valence-corrected chi connectivity index (χ0v) is 13.0.